The Hall–Kier alpha value is -1.66. The van der Waals surface area contributed by atoms with E-state index in [4.69, 9.17) is 0 Å². The summed E-state index contributed by atoms with van der Waals surface area (Å²) in [6.07, 6.45) is 0. The summed E-state index contributed by atoms with van der Waals surface area (Å²) in [5.41, 5.74) is 1.01. The van der Waals surface area contributed by atoms with E-state index < -0.39 is 0 Å². The quantitative estimate of drug-likeness (QED) is 0.903. The number of benzene rings is 1. The third-order valence-electron chi connectivity index (χ3n) is 2.47. The zero-order valence-corrected chi connectivity index (χ0v) is 12.5. The molecular formula is C13H11BrN2O2S. The summed E-state index contributed by atoms with van der Waals surface area (Å²) in [5.74, 6) is -0.451. The predicted octanol–water partition coefficient (Wildman–Crippen LogP) is 3.12. The van der Waals surface area contributed by atoms with E-state index in [1.54, 1.807) is 42.8 Å². The molecule has 1 aromatic carbocycles. The molecule has 0 unspecified atom stereocenters. The number of halogens is 1. The standard InChI is InChI=1S/C13H11BrN2O2S/c1-15-12(18)10-6-7-19-13(10)16-11(17)8-2-4-9(14)5-3-8/h2-7H,1H3,(H,15,18)(H,16,17). The summed E-state index contributed by atoms with van der Waals surface area (Å²) in [6.45, 7) is 0. The van der Waals surface area contributed by atoms with Crippen molar-refractivity contribution in [3.05, 3.63) is 51.3 Å². The fourth-order valence-corrected chi connectivity index (χ4v) is 2.54. The van der Waals surface area contributed by atoms with E-state index >= 15 is 0 Å². The molecule has 2 amide bonds. The monoisotopic (exact) mass is 338 g/mol. The summed E-state index contributed by atoms with van der Waals surface area (Å²) in [5, 5.41) is 7.60. The van der Waals surface area contributed by atoms with Crippen molar-refractivity contribution in [3.8, 4) is 0 Å². The van der Waals surface area contributed by atoms with E-state index in [0.29, 0.717) is 16.1 Å². The Balaban J connectivity index is 2.17. The van der Waals surface area contributed by atoms with Crippen LogP contribution in [0.1, 0.15) is 20.7 Å². The highest BCUT2D eigenvalue weighted by molar-refractivity contribution is 9.10. The van der Waals surface area contributed by atoms with Crippen molar-refractivity contribution in [1.29, 1.82) is 0 Å². The molecule has 0 atom stereocenters. The van der Waals surface area contributed by atoms with Gasteiger partial charge in [0.15, 0.2) is 0 Å². The van der Waals surface area contributed by atoms with Crippen molar-refractivity contribution in [3.63, 3.8) is 0 Å². The maximum Gasteiger partial charge on any atom is 0.256 e. The van der Waals surface area contributed by atoms with Gasteiger partial charge in [-0.2, -0.15) is 0 Å². The second kappa shape index (κ2) is 5.99. The highest BCUT2D eigenvalue weighted by Crippen LogP contribution is 2.24. The molecule has 0 fully saturated rings. The molecule has 0 aliphatic heterocycles. The number of thiophene rings is 1. The number of carbonyl (C=O) groups is 2. The van der Waals surface area contributed by atoms with Crippen LogP contribution in [0, 0.1) is 0 Å². The lowest BCUT2D eigenvalue weighted by Gasteiger charge is -2.05. The molecule has 6 heteroatoms. The molecule has 1 aromatic heterocycles. The Morgan fingerprint density at radius 3 is 2.42 bits per heavy atom. The topological polar surface area (TPSA) is 58.2 Å². The largest absolute Gasteiger partial charge is 0.355 e. The van der Waals surface area contributed by atoms with Gasteiger partial charge in [-0.05, 0) is 35.7 Å². The Morgan fingerprint density at radius 1 is 1.11 bits per heavy atom. The first-order valence-corrected chi connectivity index (χ1v) is 7.15. The van der Waals surface area contributed by atoms with Gasteiger partial charge in [-0.3, -0.25) is 9.59 Å². The lowest BCUT2D eigenvalue weighted by Crippen LogP contribution is -2.20. The van der Waals surface area contributed by atoms with Crippen LogP contribution < -0.4 is 10.6 Å². The molecule has 0 radical (unpaired) electrons. The van der Waals surface area contributed by atoms with Gasteiger partial charge in [0.05, 0.1) is 5.56 Å². The first-order chi connectivity index (χ1) is 9.11. The van der Waals surface area contributed by atoms with Gasteiger partial charge < -0.3 is 10.6 Å². The average Bonchev–Trinajstić information content (AvgIpc) is 2.86. The first-order valence-electron chi connectivity index (χ1n) is 5.48. The molecule has 0 aliphatic carbocycles. The lowest BCUT2D eigenvalue weighted by atomic mass is 10.2. The van der Waals surface area contributed by atoms with E-state index in [-0.39, 0.29) is 11.8 Å². The van der Waals surface area contributed by atoms with Gasteiger partial charge in [-0.25, -0.2) is 0 Å². The van der Waals surface area contributed by atoms with Crippen LogP contribution in [-0.2, 0) is 0 Å². The summed E-state index contributed by atoms with van der Waals surface area (Å²) >= 11 is 4.63. The van der Waals surface area contributed by atoms with Crippen molar-refractivity contribution in [1.82, 2.24) is 5.32 Å². The lowest BCUT2D eigenvalue weighted by molar-refractivity contribution is 0.0964. The number of hydrogen-bond donors (Lipinski definition) is 2. The minimum absolute atomic E-state index is 0.215. The smallest absolute Gasteiger partial charge is 0.256 e. The fraction of sp³-hybridized carbons (Fsp3) is 0.0769. The molecule has 2 aromatic rings. The van der Waals surface area contributed by atoms with Gasteiger partial charge in [-0.15, -0.1) is 11.3 Å². The summed E-state index contributed by atoms with van der Waals surface area (Å²) in [7, 11) is 1.56. The molecule has 4 nitrogen and oxygen atoms in total. The van der Waals surface area contributed by atoms with Crippen molar-refractivity contribution in [2.24, 2.45) is 0 Å². The highest BCUT2D eigenvalue weighted by Gasteiger charge is 2.14. The third-order valence-corrected chi connectivity index (χ3v) is 3.83. The van der Waals surface area contributed by atoms with E-state index in [2.05, 4.69) is 26.6 Å². The molecule has 0 saturated heterocycles. The van der Waals surface area contributed by atoms with Gasteiger partial charge in [0.2, 0.25) is 0 Å². The number of rotatable bonds is 3. The van der Waals surface area contributed by atoms with Crippen LogP contribution in [0.5, 0.6) is 0 Å². The number of anilines is 1. The molecule has 98 valence electrons. The van der Waals surface area contributed by atoms with E-state index in [1.165, 1.54) is 11.3 Å². The Morgan fingerprint density at radius 2 is 1.79 bits per heavy atom. The van der Waals surface area contributed by atoms with Crippen molar-refractivity contribution in [2.75, 3.05) is 12.4 Å². The zero-order chi connectivity index (χ0) is 13.8. The number of carbonyl (C=O) groups excluding carboxylic acids is 2. The molecule has 0 aliphatic rings. The van der Waals surface area contributed by atoms with Crippen molar-refractivity contribution in [2.45, 2.75) is 0 Å². The van der Waals surface area contributed by atoms with Crippen LogP contribution in [-0.4, -0.2) is 18.9 Å². The molecule has 19 heavy (non-hydrogen) atoms. The summed E-state index contributed by atoms with van der Waals surface area (Å²) < 4.78 is 0.909. The molecular weight excluding hydrogens is 328 g/mol. The SMILES string of the molecule is CNC(=O)c1ccsc1NC(=O)c1ccc(Br)cc1. The minimum atomic E-state index is -0.236. The Bertz CT molecular complexity index is 607. The van der Waals surface area contributed by atoms with Gasteiger partial charge in [0.25, 0.3) is 11.8 Å². The highest BCUT2D eigenvalue weighted by atomic mass is 79.9. The third kappa shape index (κ3) is 3.21. The van der Waals surface area contributed by atoms with Crippen LogP contribution in [0.4, 0.5) is 5.00 Å². The van der Waals surface area contributed by atoms with Crippen molar-refractivity contribution >= 4 is 44.1 Å². The van der Waals surface area contributed by atoms with Crippen molar-refractivity contribution < 1.29 is 9.59 Å². The van der Waals surface area contributed by atoms with Gasteiger partial charge in [-0.1, -0.05) is 15.9 Å². The number of hydrogen-bond acceptors (Lipinski definition) is 3. The minimum Gasteiger partial charge on any atom is -0.355 e. The Kier molecular flexibility index (Phi) is 4.34. The van der Waals surface area contributed by atoms with E-state index in [9.17, 15) is 9.59 Å². The van der Waals surface area contributed by atoms with Crippen LogP contribution >= 0.6 is 27.3 Å². The second-order valence-electron chi connectivity index (χ2n) is 3.70. The van der Waals surface area contributed by atoms with Crippen LogP contribution in [0.15, 0.2) is 40.2 Å². The number of nitrogens with one attached hydrogen (secondary N) is 2. The van der Waals surface area contributed by atoms with Gasteiger partial charge in [0, 0.05) is 17.1 Å². The second-order valence-corrected chi connectivity index (χ2v) is 5.54. The summed E-state index contributed by atoms with van der Waals surface area (Å²) in [4.78, 5) is 23.6. The maximum atomic E-state index is 12.0. The maximum absolute atomic E-state index is 12.0. The molecule has 2 rings (SSSR count). The zero-order valence-electron chi connectivity index (χ0n) is 10.1. The molecule has 0 spiro atoms. The predicted molar refractivity (Wildman–Crippen MR) is 79.8 cm³/mol. The summed E-state index contributed by atoms with van der Waals surface area (Å²) in [6, 6.07) is 8.70. The molecule has 2 N–H and O–H groups in total. The average molecular weight is 339 g/mol. The van der Waals surface area contributed by atoms with Crippen LogP contribution in [0.25, 0.3) is 0 Å². The van der Waals surface area contributed by atoms with E-state index in [0.717, 1.165) is 4.47 Å². The Labute approximate surface area is 123 Å². The molecule has 0 saturated carbocycles. The normalized spacial score (nSPS) is 10.0. The first kappa shape index (κ1) is 13.8. The molecule has 0 bridgehead atoms. The van der Waals surface area contributed by atoms with Gasteiger partial charge >= 0.3 is 0 Å². The fourth-order valence-electron chi connectivity index (χ4n) is 1.50. The van der Waals surface area contributed by atoms with Crippen LogP contribution in [0.3, 0.4) is 0 Å². The van der Waals surface area contributed by atoms with Crippen LogP contribution in [0.2, 0.25) is 0 Å². The van der Waals surface area contributed by atoms with E-state index in [1.807, 2.05) is 0 Å². The molecule has 1 heterocycles. The number of amides is 2. The van der Waals surface area contributed by atoms with Gasteiger partial charge in [0.1, 0.15) is 5.00 Å².